The second-order valence-electron chi connectivity index (χ2n) is 24.3. The summed E-state index contributed by atoms with van der Waals surface area (Å²) >= 11 is 0. The van der Waals surface area contributed by atoms with Crippen molar-refractivity contribution in [2.75, 3.05) is 9.80 Å². The Morgan fingerprint density at radius 3 is 0.928 bits per heavy atom. The third kappa shape index (κ3) is 8.18. The SMILES string of the molecule is CC1(C)c2cc(/C=C/c3ccc4c(c3)C(C)(C)c3cc(N(c5ccccn5)c5cccc6ccccc56)ccc3-4)ccc2-c2ccc(/C=C/c3ccc4c(c3)C(C)(C)c3cc(N(c5ccccn5)c5cccc6ccccc56)ccc3-4)cc21. The van der Waals surface area contributed by atoms with Crippen LogP contribution in [-0.2, 0) is 16.2 Å². The van der Waals surface area contributed by atoms with Gasteiger partial charge in [-0.05, 0) is 160 Å². The van der Waals surface area contributed by atoms with E-state index in [0.29, 0.717) is 0 Å². The van der Waals surface area contributed by atoms with E-state index in [2.05, 4.69) is 294 Å². The highest BCUT2D eigenvalue weighted by Gasteiger charge is 2.39. The third-order valence-corrected chi connectivity index (χ3v) is 18.3. The van der Waals surface area contributed by atoms with E-state index >= 15 is 0 Å². The first-order valence-corrected chi connectivity index (χ1v) is 29.0. The topological polar surface area (TPSA) is 32.3 Å². The molecule has 0 N–H and O–H groups in total. The lowest BCUT2D eigenvalue weighted by Gasteiger charge is -2.28. The van der Waals surface area contributed by atoms with Gasteiger partial charge in [0, 0.05) is 50.8 Å². The molecule has 3 aliphatic carbocycles. The van der Waals surface area contributed by atoms with Crippen molar-refractivity contribution in [1.82, 2.24) is 9.97 Å². The van der Waals surface area contributed by atoms with Crippen molar-refractivity contribution in [3.8, 4) is 33.4 Å². The molecule has 15 rings (SSSR count). The van der Waals surface area contributed by atoms with Crippen molar-refractivity contribution in [3.63, 3.8) is 0 Å². The van der Waals surface area contributed by atoms with E-state index < -0.39 is 0 Å². The minimum Gasteiger partial charge on any atom is -0.294 e. The van der Waals surface area contributed by atoms with Gasteiger partial charge in [-0.2, -0.15) is 0 Å². The van der Waals surface area contributed by atoms with E-state index in [1.807, 2.05) is 24.5 Å². The predicted molar refractivity (Wildman–Crippen MR) is 350 cm³/mol. The van der Waals surface area contributed by atoms with Crippen LogP contribution in [0.25, 0.3) is 79.2 Å². The second kappa shape index (κ2) is 19.1. The molecule has 398 valence electrons. The summed E-state index contributed by atoms with van der Waals surface area (Å²) in [5.41, 5.74) is 24.5. The Morgan fingerprint density at radius 1 is 0.289 bits per heavy atom. The van der Waals surface area contributed by atoms with Gasteiger partial charge in [0.25, 0.3) is 0 Å². The number of pyridine rings is 2. The van der Waals surface area contributed by atoms with Crippen molar-refractivity contribution >= 4 is 80.2 Å². The minimum absolute atomic E-state index is 0.164. The maximum atomic E-state index is 4.87. The quantitative estimate of drug-likeness (QED) is 0.128. The Morgan fingerprint density at radius 2 is 0.590 bits per heavy atom. The molecule has 0 aliphatic heterocycles. The van der Waals surface area contributed by atoms with E-state index in [-0.39, 0.29) is 16.2 Å². The summed E-state index contributed by atoms with van der Waals surface area (Å²) < 4.78 is 0. The number of rotatable bonds is 10. The molecule has 0 fully saturated rings. The first-order chi connectivity index (χ1) is 40.4. The Hall–Kier alpha value is -9.90. The van der Waals surface area contributed by atoms with E-state index in [0.717, 1.165) is 34.4 Å². The van der Waals surface area contributed by atoms with Crippen molar-refractivity contribution in [2.24, 2.45) is 0 Å². The van der Waals surface area contributed by atoms with Crippen LogP contribution in [0.3, 0.4) is 0 Å². The van der Waals surface area contributed by atoms with Gasteiger partial charge in [0.1, 0.15) is 11.6 Å². The highest BCUT2D eigenvalue weighted by Crippen LogP contribution is 2.54. The van der Waals surface area contributed by atoms with Gasteiger partial charge in [0.05, 0.1) is 11.4 Å². The fourth-order valence-corrected chi connectivity index (χ4v) is 13.9. The molecule has 0 spiro atoms. The maximum Gasteiger partial charge on any atom is 0.137 e. The monoisotopic (exact) mass is 1070 g/mol. The van der Waals surface area contributed by atoms with E-state index in [1.54, 1.807) is 0 Å². The summed E-state index contributed by atoms with van der Waals surface area (Å²) in [5, 5.41) is 4.79. The first kappa shape index (κ1) is 50.1. The summed E-state index contributed by atoms with van der Waals surface area (Å²) in [5.74, 6) is 1.78. The molecule has 4 nitrogen and oxygen atoms in total. The molecule has 2 aromatic heterocycles. The Bertz CT molecular complexity index is 4350. The van der Waals surface area contributed by atoms with Gasteiger partial charge in [0.2, 0.25) is 0 Å². The molecule has 10 aromatic carbocycles. The van der Waals surface area contributed by atoms with Crippen LogP contribution < -0.4 is 9.80 Å². The van der Waals surface area contributed by atoms with E-state index in [1.165, 1.54) is 111 Å². The number of aromatic nitrogens is 2. The number of hydrogen-bond acceptors (Lipinski definition) is 4. The standard InChI is InChI=1S/C79H62N4/c1-77(2)67-45-51(27-29-53-33-39-63-65-41-35-57(49-71(65)78(3,4)69(63)47-53)82(75-25-11-13-43-80-75)73-23-15-19-55-17-7-9-21-59(55)73)31-37-61(67)62-38-32-52(46-68(62)77)28-30-54-34-40-64-66-42-36-58(50-72(66)79(5,6)70(64)48-54)83(76-26-12-14-44-81-76)74-24-16-20-56-18-8-10-22-60(56)74/h7-50H,1-6H3/b29-27+,30-28+. The summed E-state index contributed by atoms with van der Waals surface area (Å²) in [6, 6.07) is 84.5. The molecule has 3 aliphatic rings. The Labute approximate surface area is 487 Å². The highest BCUT2D eigenvalue weighted by molar-refractivity contribution is 6.01. The maximum absolute atomic E-state index is 4.87. The van der Waals surface area contributed by atoms with Gasteiger partial charge in [0.15, 0.2) is 0 Å². The smallest absolute Gasteiger partial charge is 0.137 e. The molecule has 12 aromatic rings. The number of benzene rings is 10. The van der Waals surface area contributed by atoms with Crippen LogP contribution in [0.4, 0.5) is 34.4 Å². The molecule has 0 saturated heterocycles. The molecule has 4 heteroatoms. The van der Waals surface area contributed by atoms with Crippen molar-refractivity contribution in [3.05, 3.63) is 299 Å². The zero-order valence-electron chi connectivity index (χ0n) is 47.7. The van der Waals surface area contributed by atoms with E-state index in [9.17, 15) is 0 Å². The molecule has 83 heavy (non-hydrogen) atoms. The van der Waals surface area contributed by atoms with Gasteiger partial charge in [-0.1, -0.05) is 236 Å². The van der Waals surface area contributed by atoms with Gasteiger partial charge in [-0.25, -0.2) is 9.97 Å². The van der Waals surface area contributed by atoms with Crippen molar-refractivity contribution in [1.29, 1.82) is 0 Å². The molecular weight excluding hydrogens is 1000 g/mol. The lowest BCUT2D eigenvalue weighted by Crippen LogP contribution is -2.17. The van der Waals surface area contributed by atoms with Crippen LogP contribution in [0.5, 0.6) is 0 Å². The minimum atomic E-state index is -0.212. The average Bonchev–Trinajstić information content (AvgIpc) is 4.07. The Balaban J connectivity index is 0.671. The van der Waals surface area contributed by atoms with Gasteiger partial charge >= 0.3 is 0 Å². The van der Waals surface area contributed by atoms with Crippen LogP contribution in [0.2, 0.25) is 0 Å². The van der Waals surface area contributed by atoms with Gasteiger partial charge < -0.3 is 0 Å². The van der Waals surface area contributed by atoms with Gasteiger partial charge in [-0.15, -0.1) is 0 Å². The zero-order chi connectivity index (χ0) is 56.2. The van der Waals surface area contributed by atoms with Crippen LogP contribution >= 0.6 is 0 Å². The van der Waals surface area contributed by atoms with Crippen LogP contribution in [-0.4, -0.2) is 9.97 Å². The molecule has 0 unspecified atom stereocenters. The molecule has 0 radical (unpaired) electrons. The molecule has 0 atom stereocenters. The first-order valence-electron chi connectivity index (χ1n) is 29.0. The summed E-state index contributed by atoms with van der Waals surface area (Å²) in [6.07, 6.45) is 12.9. The number of nitrogens with zero attached hydrogens (tertiary/aromatic N) is 4. The fourth-order valence-electron chi connectivity index (χ4n) is 13.9. The molecule has 0 bridgehead atoms. The fraction of sp³-hybridized carbons (Fsp3) is 0.114. The molecule has 0 amide bonds. The largest absolute Gasteiger partial charge is 0.294 e. The predicted octanol–water partition coefficient (Wildman–Crippen LogP) is 21.0. The number of fused-ring (bicyclic) bond motifs is 11. The summed E-state index contributed by atoms with van der Waals surface area (Å²) in [4.78, 5) is 14.4. The Kier molecular flexibility index (Phi) is 11.5. The number of hydrogen-bond donors (Lipinski definition) is 0. The van der Waals surface area contributed by atoms with Crippen LogP contribution in [0, 0.1) is 0 Å². The van der Waals surface area contributed by atoms with Crippen LogP contribution in [0.15, 0.2) is 243 Å². The second-order valence-corrected chi connectivity index (χ2v) is 24.3. The normalized spacial score (nSPS) is 14.6. The molecule has 2 heterocycles. The van der Waals surface area contributed by atoms with E-state index in [4.69, 9.17) is 9.97 Å². The number of anilines is 6. The lowest BCUT2D eigenvalue weighted by molar-refractivity contribution is 0.660. The molecule has 0 saturated carbocycles. The summed E-state index contributed by atoms with van der Waals surface area (Å²) in [6.45, 7) is 14.2. The zero-order valence-corrected chi connectivity index (χ0v) is 47.7. The van der Waals surface area contributed by atoms with Crippen molar-refractivity contribution in [2.45, 2.75) is 57.8 Å². The van der Waals surface area contributed by atoms with Crippen LogP contribution in [0.1, 0.15) is 97.2 Å². The molecular formula is C79H62N4. The third-order valence-electron chi connectivity index (χ3n) is 18.3. The summed E-state index contributed by atoms with van der Waals surface area (Å²) in [7, 11) is 0. The highest BCUT2D eigenvalue weighted by atomic mass is 15.2. The van der Waals surface area contributed by atoms with Gasteiger partial charge in [-0.3, -0.25) is 9.80 Å². The lowest BCUT2D eigenvalue weighted by atomic mass is 9.81. The average molecular weight is 1070 g/mol. The van der Waals surface area contributed by atoms with Crippen molar-refractivity contribution < 1.29 is 0 Å².